The Hall–Kier alpha value is -2.45. The Morgan fingerprint density at radius 1 is 1.17 bits per heavy atom. The fourth-order valence-corrected chi connectivity index (χ4v) is 2.72. The number of amides is 1. The molecule has 0 aliphatic heterocycles. The van der Waals surface area contributed by atoms with E-state index in [9.17, 15) is 4.79 Å². The molecular formula is C18H18N2O2S. The number of benzene rings is 2. The Kier molecular flexibility index (Phi) is 6.52. The number of carbonyl (C=O) groups excluding carboxylic acids is 1. The molecule has 0 bridgehead atoms. The van der Waals surface area contributed by atoms with Gasteiger partial charge in [-0.15, -0.1) is 11.8 Å². The van der Waals surface area contributed by atoms with Crippen LogP contribution in [0.15, 0.2) is 48.5 Å². The predicted octanol–water partition coefficient (Wildman–Crippen LogP) is 3.83. The van der Waals surface area contributed by atoms with Crippen molar-refractivity contribution in [3.8, 4) is 11.8 Å². The van der Waals surface area contributed by atoms with Crippen molar-refractivity contribution in [2.45, 2.75) is 12.7 Å². The highest BCUT2D eigenvalue weighted by atomic mass is 32.2. The van der Waals surface area contributed by atoms with Crippen LogP contribution in [-0.4, -0.2) is 18.3 Å². The van der Waals surface area contributed by atoms with Gasteiger partial charge in [0, 0.05) is 11.4 Å². The minimum atomic E-state index is -0.0344. The molecule has 0 atom stereocenters. The number of nitriles is 1. The molecule has 0 fully saturated rings. The zero-order valence-corrected chi connectivity index (χ0v) is 13.7. The van der Waals surface area contributed by atoms with Crippen molar-refractivity contribution < 1.29 is 9.53 Å². The summed E-state index contributed by atoms with van der Waals surface area (Å²) in [6.45, 7) is 2.55. The van der Waals surface area contributed by atoms with Crippen molar-refractivity contribution in [3.05, 3.63) is 59.7 Å². The standard InChI is InChI=1S/C18H18N2O2S/c1-2-22-17-9-7-16(8-10-17)20-18(21)13-23-12-15-5-3-14(11-19)4-6-15/h3-10H,2,12-13H2,1H3,(H,20,21). The lowest BCUT2D eigenvalue weighted by molar-refractivity contribution is -0.113. The van der Waals surface area contributed by atoms with Gasteiger partial charge in [-0.1, -0.05) is 12.1 Å². The van der Waals surface area contributed by atoms with E-state index in [1.807, 2.05) is 43.3 Å². The van der Waals surface area contributed by atoms with Crippen LogP contribution in [0.5, 0.6) is 5.75 Å². The van der Waals surface area contributed by atoms with E-state index < -0.39 is 0 Å². The van der Waals surface area contributed by atoms with Crippen molar-refractivity contribution in [3.63, 3.8) is 0 Å². The summed E-state index contributed by atoms with van der Waals surface area (Å²) in [6, 6.07) is 16.8. The molecule has 0 saturated heterocycles. The molecule has 23 heavy (non-hydrogen) atoms. The number of rotatable bonds is 7. The van der Waals surface area contributed by atoms with Gasteiger partial charge in [0.15, 0.2) is 0 Å². The van der Waals surface area contributed by atoms with Crippen molar-refractivity contribution in [1.82, 2.24) is 0 Å². The first-order valence-corrected chi connectivity index (χ1v) is 8.46. The van der Waals surface area contributed by atoms with E-state index in [0.29, 0.717) is 17.9 Å². The van der Waals surface area contributed by atoms with E-state index in [4.69, 9.17) is 10.00 Å². The average molecular weight is 326 g/mol. The maximum absolute atomic E-state index is 11.9. The third-order valence-corrected chi connectivity index (χ3v) is 4.04. The Labute approximate surface area is 140 Å². The maximum atomic E-state index is 11.9. The fourth-order valence-electron chi connectivity index (χ4n) is 1.94. The quantitative estimate of drug-likeness (QED) is 0.840. The molecule has 2 aromatic carbocycles. The topological polar surface area (TPSA) is 62.1 Å². The first-order chi connectivity index (χ1) is 11.2. The number of ether oxygens (including phenoxy) is 1. The fraction of sp³-hybridized carbons (Fsp3) is 0.222. The molecule has 0 aromatic heterocycles. The van der Waals surface area contributed by atoms with Crippen LogP contribution in [0.4, 0.5) is 5.69 Å². The SMILES string of the molecule is CCOc1ccc(NC(=O)CSCc2ccc(C#N)cc2)cc1. The van der Waals surface area contributed by atoms with Gasteiger partial charge in [-0.3, -0.25) is 4.79 Å². The van der Waals surface area contributed by atoms with Gasteiger partial charge in [0.25, 0.3) is 0 Å². The lowest BCUT2D eigenvalue weighted by Gasteiger charge is -2.07. The molecule has 0 radical (unpaired) electrons. The summed E-state index contributed by atoms with van der Waals surface area (Å²) in [7, 11) is 0. The van der Waals surface area contributed by atoms with E-state index in [1.54, 1.807) is 12.1 Å². The highest BCUT2D eigenvalue weighted by Gasteiger charge is 2.04. The first kappa shape index (κ1) is 16.9. The van der Waals surface area contributed by atoms with Crippen LogP contribution in [-0.2, 0) is 10.5 Å². The molecule has 0 heterocycles. The predicted molar refractivity (Wildman–Crippen MR) is 93.6 cm³/mol. The van der Waals surface area contributed by atoms with Gasteiger partial charge in [-0.2, -0.15) is 5.26 Å². The van der Waals surface area contributed by atoms with Crippen LogP contribution >= 0.6 is 11.8 Å². The van der Waals surface area contributed by atoms with E-state index in [-0.39, 0.29) is 5.91 Å². The van der Waals surface area contributed by atoms with Gasteiger partial charge in [0.1, 0.15) is 5.75 Å². The second-order valence-electron chi connectivity index (χ2n) is 4.81. The van der Waals surface area contributed by atoms with Crippen molar-refractivity contribution in [2.24, 2.45) is 0 Å². The molecule has 2 rings (SSSR count). The largest absolute Gasteiger partial charge is 0.494 e. The van der Waals surface area contributed by atoms with Crippen LogP contribution in [0, 0.1) is 11.3 Å². The van der Waals surface area contributed by atoms with Crippen LogP contribution in [0.3, 0.4) is 0 Å². The number of thioether (sulfide) groups is 1. The number of hydrogen-bond acceptors (Lipinski definition) is 4. The van der Waals surface area contributed by atoms with Gasteiger partial charge in [0.05, 0.1) is 24.0 Å². The molecule has 1 N–H and O–H groups in total. The lowest BCUT2D eigenvalue weighted by Crippen LogP contribution is -2.14. The van der Waals surface area contributed by atoms with Crippen LogP contribution < -0.4 is 10.1 Å². The van der Waals surface area contributed by atoms with Gasteiger partial charge in [-0.25, -0.2) is 0 Å². The summed E-state index contributed by atoms with van der Waals surface area (Å²) < 4.78 is 5.36. The number of hydrogen-bond donors (Lipinski definition) is 1. The summed E-state index contributed by atoms with van der Waals surface area (Å²) in [5.74, 6) is 1.88. The average Bonchev–Trinajstić information content (AvgIpc) is 2.57. The van der Waals surface area contributed by atoms with Crippen molar-refractivity contribution in [2.75, 3.05) is 17.7 Å². The summed E-state index contributed by atoms with van der Waals surface area (Å²) in [5, 5.41) is 11.6. The Bertz CT molecular complexity index is 676. The lowest BCUT2D eigenvalue weighted by atomic mass is 10.2. The van der Waals surface area contributed by atoms with Gasteiger partial charge in [-0.05, 0) is 48.9 Å². The molecule has 0 aliphatic carbocycles. The molecule has 5 heteroatoms. The van der Waals surface area contributed by atoms with Gasteiger partial charge >= 0.3 is 0 Å². The highest BCUT2D eigenvalue weighted by molar-refractivity contribution is 7.99. The van der Waals surface area contributed by atoms with Crippen LogP contribution in [0.25, 0.3) is 0 Å². The first-order valence-electron chi connectivity index (χ1n) is 7.30. The van der Waals surface area contributed by atoms with E-state index in [2.05, 4.69) is 11.4 Å². The molecule has 118 valence electrons. The summed E-state index contributed by atoms with van der Waals surface area (Å²) in [6.07, 6.45) is 0. The number of nitrogens with zero attached hydrogens (tertiary/aromatic N) is 1. The molecule has 0 spiro atoms. The maximum Gasteiger partial charge on any atom is 0.234 e. The van der Waals surface area contributed by atoms with Gasteiger partial charge < -0.3 is 10.1 Å². The van der Waals surface area contributed by atoms with Crippen molar-refractivity contribution in [1.29, 1.82) is 5.26 Å². The Morgan fingerprint density at radius 2 is 1.87 bits per heavy atom. The van der Waals surface area contributed by atoms with E-state index in [1.165, 1.54) is 11.8 Å². The zero-order chi connectivity index (χ0) is 16.5. The number of nitrogens with one attached hydrogen (secondary N) is 1. The van der Waals surface area contributed by atoms with Crippen LogP contribution in [0.1, 0.15) is 18.1 Å². The summed E-state index contributed by atoms with van der Waals surface area (Å²) >= 11 is 1.54. The van der Waals surface area contributed by atoms with Crippen molar-refractivity contribution >= 4 is 23.4 Å². The summed E-state index contributed by atoms with van der Waals surface area (Å²) in [4.78, 5) is 11.9. The molecule has 0 saturated carbocycles. The smallest absolute Gasteiger partial charge is 0.234 e. The third kappa shape index (κ3) is 5.68. The second kappa shape index (κ2) is 8.86. The minimum Gasteiger partial charge on any atom is -0.494 e. The summed E-state index contributed by atoms with van der Waals surface area (Å²) in [5.41, 5.74) is 2.51. The molecule has 0 unspecified atom stereocenters. The molecule has 4 nitrogen and oxygen atoms in total. The number of anilines is 1. The molecule has 1 amide bonds. The van der Waals surface area contributed by atoms with E-state index in [0.717, 1.165) is 22.8 Å². The highest BCUT2D eigenvalue weighted by Crippen LogP contribution is 2.17. The normalized spacial score (nSPS) is 9.91. The van der Waals surface area contributed by atoms with E-state index >= 15 is 0 Å². The number of carbonyl (C=O) groups is 1. The molecule has 2 aromatic rings. The Balaban J connectivity index is 1.75. The Morgan fingerprint density at radius 3 is 2.48 bits per heavy atom. The van der Waals surface area contributed by atoms with Crippen LogP contribution in [0.2, 0.25) is 0 Å². The molecule has 0 aliphatic rings. The van der Waals surface area contributed by atoms with Gasteiger partial charge in [0.2, 0.25) is 5.91 Å². The zero-order valence-electron chi connectivity index (χ0n) is 12.9. The molecular weight excluding hydrogens is 308 g/mol. The monoisotopic (exact) mass is 326 g/mol. The second-order valence-corrected chi connectivity index (χ2v) is 5.79. The third-order valence-electron chi connectivity index (χ3n) is 3.03. The minimum absolute atomic E-state index is 0.0344.